The van der Waals surface area contributed by atoms with Crippen LogP contribution in [0.1, 0.15) is 44.1 Å². The fraction of sp³-hybridized carbons (Fsp3) is 0.192. The number of ether oxygens (including phenoxy) is 1. The Morgan fingerprint density at radius 1 is 1.09 bits per heavy atom. The van der Waals surface area contributed by atoms with Gasteiger partial charge in [0.15, 0.2) is 0 Å². The van der Waals surface area contributed by atoms with Crippen LogP contribution in [0.5, 0.6) is 0 Å². The number of esters is 1. The minimum absolute atomic E-state index is 0.0981. The quantitative estimate of drug-likeness (QED) is 0.436. The van der Waals surface area contributed by atoms with Gasteiger partial charge in [0.1, 0.15) is 5.37 Å². The summed E-state index contributed by atoms with van der Waals surface area (Å²) in [5.74, 6) is -0.278. The largest absolute Gasteiger partial charge is 0.462 e. The van der Waals surface area contributed by atoms with E-state index in [0.29, 0.717) is 23.5 Å². The van der Waals surface area contributed by atoms with E-state index < -0.39 is 5.97 Å². The van der Waals surface area contributed by atoms with Crippen LogP contribution in [0.25, 0.3) is 0 Å². The molecule has 1 aliphatic rings. The first kappa shape index (κ1) is 23.9. The topological polar surface area (TPSA) is 75.7 Å². The monoisotopic (exact) mass is 494 g/mol. The second-order valence-corrected chi connectivity index (χ2v) is 9.14. The van der Waals surface area contributed by atoms with Gasteiger partial charge in [-0.3, -0.25) is 9.59 Å². The van der Waals surface area contributed by atoms with E-state index >= 15 is 0 Å². The van der Waals surface area contributed by atoms with Crippen LogP contribution in [0.2, 0.25) is 5.02 Å². The van der Waals surface area contributed by atoms with E-state index in [4.69, 9.17) is 16.3 Å². The Morgan fingerprint density at radius 3 is 2.50 bits per heavy atom. The molecule has 8 heteroatoms. The van der Waals surface area contributed by atoms with Gasteiger partial charge < -0.3 is 15.0 Å². The Hall–Kier alpha value is -3.29. The van der Waals surface area contributed by atoms with E-state index in [1.165, 1.54) is 12.1 Å². The fourth-order valence-corrected chi connectivity index (χ4v) is 5.10. The molecule has 3 aromatic rings. The summed E-state index contributed by atoms with van der Waals surface area (Å²) in [5.41, 5.74) is 3.23. The minimum Gasteiger partial charge on any atom is -0.462 e. The lowest BCUT2D eigenvalue weighted by molar-refractivity contribution is -0.128. The smallest absolute Gasteiger partial charge is 0.339 e. The number of rotatable bonds is 7. The molecule has 3 aromatic carbocycles. The lowest BCUT2D eigenvalue weighted by Gasteiger charge is -2.24. The molecule has 1 fully saturated rings. The Bertz CT molecular complexity index is 1200. The van der Waals surface area contributed by atoms with E-state index in [1.807, 2.05) is 47.4 Å². The minimum atomic E-state index is -0.509. The van der Waals surface area contributed by atoms with Crippen molar-refractivity contribution in [3.8, 4) is 0 Å². The number of amides is 2. The van der Waals surface area contributed by atoms with Gasteiger partial charge in [-0.25, -0.2) is 4.79 Å². The summed E-state index contributed by atoms with van der Waals surface area (Å²) >= 11 is 7.76. The zero-order chi connectivity index (χ0) is 24.1. The van der Waals surface area contributed by atoms with E-state index in [-0.39, 0.29) is 34.4 Å². The number of carbonyl (C=O) groups is 3. The van der Waals surface area contributed by atoms with Crippen molar-refractivity contribution < 1.29 is 19.1 Å². The van der Waals surface area contributed by atoms with Gasteiger partial charge in [0, 0.05) is 17.8 Å². The third kappa shape index (κ3) is 5.43. The van der Waals surface area contributed by atoms with Crippen LogP contribution in [0.15, 0.2) is 72.8 Å². The number of carbonyl (C=O) groups excluding carboxylic acids is 3. The van der Waals surface area contributed by atoms with E-state index in [1.54, 1.807) is 36.9 Å². The number of hydrogen-bond donors (Lipinski definition) is 1. The molecule has 0 saturated carbocycles. The van der Waals surface area contributed by atoms with Crippen molar-refractivity contribution in [2.75, 3.05) is 17.7 Å². The third-order valence-electron chi connectivity index (χ3n) is 5.34. The number of benzene rings is 3. The first-order valence-corrected chi connectivity index (χ1v) is 12.2. The molecule has 1 aliphatic heterocycles. The van der Waals surface area contributed by atoms with Crippen LogP contribution in [0, 0.1) is 0 Å². The summed E-state index contributed by atoms with van der Waals surface area (Å²) < 4.78 is 4.96. The summed E-state index contributed by atoms with van der Waals surface area (Å²) in [7, 11) is 0. The fourth-order valence-electron chi connectivity index (χ4n) is 3.65. The molecule has 0 radical (unpaired) electrons. The van der Waals surface area contributed by atoms with Crippen LogP contribution >= 0.6 is 23.4 Å². The van der Waals surface area contributed by atoms with Gasteiger partial charge in [0.25, 0.3) is 5.91 Å². The molecule has 6 nitrogen and oxygen atoms in total. The van der Waals surface area contributed by atoms with Crippen molar-refractivity contribution >= 4 is 46.8 Å². The van der Waals surface area contributed by atoms with Gasteiger partial charge >= 0.3 is 5.97 Å². The normalized spacial score (nSPS) is 15.3. The molecule has 0 aromatic heterocycles. The zero-order valence-corrected chi connectivity index (χ0v) is 20.1. The lowest BCUT2D eigenvalue weighted by Crippen LogP contribution is -2.27. The first-order valence-electron chi connectivity index (χ1n) is 10.8. The summed E-state index contributed by atoms with van der Waals surface area (Å²) in [6.07, 6.45) is 0. The second kappa shape index (κ2) is 10.8. The lowest BCUT2D eigenvalue weighted by atomic mass is 10.1. The number of halogens is 1. The van der Waals surface area contributed by atoms with Gasteiger partial charge in [-0.15, -0.1) is 11.8 Å². The molecule has 0 spiro atoms. The SMILES string of the molecule is CCOC(=O)c1ccc(NC(=O)c2ccc(C3SCC(=O)N3Cc3ccccc3)cc2)cc1Cl. The van der Waals surface area contributed by atoms with Gasteiger partial charge in [-0.05, 0) is 48.4 Å². The van der Waals surface area contributed by atoms with E-state index in [2.05, 4.69) is 5.32 Å². The van der Waals surface area contributed by atoms with Crippen molar-refractivity contribution in [2.45, 2.75) is 18.8 Å². The Labute approximate surface area is 207 Å². The highest BCUT2D eigenvalue weighted by Gasteiger charge is 2.32. The van der Waals surface area contributed by atoms with Crippen LogP contribution in [0.3, 0.4) is 0 Å². The van der Waals surface area contributed by atoms with Crippen molar-refractivity contribution in [3.05, 3.63) is 100 Å². The van der Waals surface area contributed by atoms with Gasteiger partial charge in [-0.2, -0.15) is 0 Å². The molecular weight excluding hydrogens is 472 g/mol. The number of thioether (sulfide) groups is 1. The average molecular weight is 495 g/mol. The molecule has 1 saturated heterocycles. The van der Waals surface area contributed by atoms with Crippen LogP contribution in [0.4, 0.5) is 5.69 Å². The maximum atomic E-state index is 12.7. The molecule has 2 amide bonds. The van der Waals surface area contributed by atoms with Gasteiger partial charge in [-0.1, -0.05) is 54.1 Å². The third-order valence-corrected chi connectivity index (χ3v) is 6.91. The van der Waals surface area contributed by atoms with Gasteiger partial charge in [0.05, 0.1) is 22.9 Å². The summed E-state index contributed by atoms with van der Waals surface area (Å²) in [4.78, 5) is 38.9. The second-order valence-electron chi connectivity index (χ2n) is 7.66. The highest BCUT2D eigenvalue weighted by atomic mass is 35.5. The summed E-state index contributed by atoms with van der Waals surface area (Å²) in [5, 5.41) is 2.89. The number of hydrogen-bond acceptors (Lipinski definition) is 5. The molecule has 1 unspecified atom stereocenters. The molecule has 174 valence electrons. The maximum Gasteiger partial charge on any atom is 0.339 e. The highest BCUT2D eigenvalue weighted by Crippen LogP contribution is 2.39. The van der Waals surface area contributed by atoms with Gasteiger partial charge in [0.2, 0.25) is 5.91 Å². The highest BCUT2D eigenvalue weighted by molar-refractivity contribution is 8.00. The van der Waals surface area contributed by atoms with Crippen LogP contribution in [-0.4, -0.2) is 35.0 Å². The molecule has 1 atom stereocenters. The zero-order valence-electron chi connectivity index (χ0n) is 18.5. The van der Waals surface area contributed by atoms with Crippen molar-refractivity contribution in [3.63, 3.8) is 0 Å². The molecule has 4 rings (SSSR count). The number of nitrogens with one attached hydrogen (secondary N) is 1. The molecule has 0 bridgehead atoms. The molecular formula is C26H23ClN2O4S. The van der Waals surface area contributed by atoms with E-state index in [9.17, 15) is 14.4 Å². The Balaban J connectivity index is 1.44. The van der Waals surface area contributed by atoms with Crippen molar-refractivity contribution in [1.82, 2.24) is 4.90 Å². The molecule has 1 heterocycles. The standard InChI is InChI=1S/C26H23ClN2O4S/c1-2-33-26(32)21-13-12-20(14-22(21)27)28-24(31)18-8-10-19(11-9-18)25-29(23(30)16-34-25)15-17-6-4-3-5-7-17/h3-14,25H,2,15-16H2,1H3,(H,28,31). The van der Waals surface area contributed by atoms with E-state index in [0.717, 1.165) is 11.1 Å². The molecule has 34 heavy (non-hydrogen) atoms. The number of nitrogens with zero attached hydrogens (tertiary/aromatic N) is 1. The molecule has 1 N–H and O–H groups in total. The first-order chi connectivity index (χ1) is 16.5. The predicted octanol–water partition coefficient (Wildman–Crippen LogP) is 5.54. The van der Waals surface area contributed by atoms with Crippen molar-refractivity contribution in [2.24, 2.45) is 0 Å². The summed E-state index contributed by atoms with van der Waals surface area (Å²) in [6.45, 7) is 2.51. The number of anilines is 1. The predicted molar refractivity (Wildman–Crippen MR) is 134 cm³/mol. The summed E-state index contributed by atoms with van der Waals surface area (Å²) in [6, 6.07) is 21.8. The average Bonchev–Trinajstić information content (AvgIpc) is 3.20. The van der Waals surface area contributed by atoms with Crippen LogP contribution in [-0.2, 0) is 16.1 Å². The Morgan fingerprint density at radius 2 is 1.82 bits per heavy atom. The maximum absolute atomic E-state index is 12.7. The van der Waals surface area contributed by atoms with Crippen LogP contribution < -0.4 is 5.32 Å². The Kier molecular flexibility index (Phi) is 7.55. The molecule has 0 aliphatic carbocycles. The van der Waals surface area contributed by atoms with Crippen molar-refractivity contribution in [1.29, 1.82) is 0 Å².